The largest absolute Gasteiger partial charge is 0.370 e. The Bertz CT molecular complexity index is 344. The minimum absolute atomic E-state index is 0.217. The van der Waals surface area contributed by atoms with Gasteiger partial charge in [0.1, 0.15) is 0 Å². The normalized spacial score (nSPS) is 21.4. The van der Waals surface area contributed by atoms with E-state index in [0.29, 0.717) is 25.1 Å². The van der Waals surface area contributed by atoms with Crippen molar-refractivity contribution in [3.05, 3.63) is 0 Å². The first-order valence-electron chi connectivity index (χ1n) is 8.60. The summed E-state index contributed by atoms with van der Waals surface area (Å²) in [5, 5.41) is 6.31. The number of nitrogens with two attached hydrogens (primary N) is 1. The van der Waals surface area contributed by atoms with Crippen molar-refractivity contribution in [3.8, 4) is 0 Å². The van der Waals surface area contributed by atoms with Crippen LogP contribution in [0.5, 0.6) is 0 Å². The van der Waals surface area contributed by atoms with Gasteiger partial charge >= 0.3 is 0 Å². The van der Waals surface area contributed by atoms with Crippen LogP contribution in [0.3, 0.4) is 0 Å². The summed E-state index contributed by atoms with van der Waals surface area (Å²) in [7, 11) is 0. The van der Waals surface area contributed by atoms with Crippen molar-refractivity contribution in [2.75, 3.05) is 13.1 Å². The molecule has 2 fully saturated rings. The number of nitrogens with one attached hydrogen (secondary N) is 2. The number of hydrogen-bond donors (Lipinski definition) is 3. The van der Waals surface area contributed by atoms with Crippen LogP contribution in [0, 0.1) is 5.92 Å². The number of rotatable bonds is 6. The van der Waals surface area contributed by atoms with Crippen LogP contribution in [-0.4, -0.2) is 31.0 Å². The fourth-order valence-electron chi connectivity index (χ4n) is 2.98. The van der Waals surface area contributed by atoms with Crippen molar-refractivity contribution in [1.82, 2.24) is 10.6 Å². The van der Waals surface area contributed by atoms with E-state index in [1.807, 2.05) is 0 Å². The molecule has 0 aromatic heterocycles. The number of carbonyl (C=O) groups is 1. The van der Waals surface area contributed by atoms with Crippen LogP contribution in [0.25, 0.3) is 0 Å². The number of carbonyl (C=O) groups excluding carboxylic acids is 1. The van der Waals surface area contributed by atoms with Gasteiger partial charge in [-0.3, -0.25) is 9.79 Å². The van der Waals surface area contributed by atoms with Gasteiger partial charge in [0.2, 0.25) is 5.91 Å². The van der Waals surface area contributed by atoms with Crippen LogP contribution in [0.4, 0.5) is 0 Å². The van der Waals surface area contributed by atoms with Crippen molar-refractivity contribution >= 4 is 11.9 Å². The molecule has 1 amide bonds. The van der Waals surface area contributed by atoms with Crippen molar-refractivity contribution in [1.29, 1.82) is 0 Å². The van der Waals surface area contributed by atoms with Gasteiger partial charge in [-0.05, 0) is 32.1 Å². The average molecular weight is 294 g/mol. The minimum atomic E-state index is 0.217. The number of nitrogens with zero attached hydrogens (tertiary/aromatic N) is 1. The zero-order valence-electron chi connectivity index (χ0n) is 13.1. The molecule has 0 spiro atoms. The van der Waals surface area contributed by atoms with Gasteiger partial charge < -0.3 is 16.4 Å². The van der Waals surface area contributed by atoms with Crippen LogP contribution in [0.15, 0.2) is 4.99 Å². The molecule has 5 heteroatoms. The lowest BCUT2D eigenvalue weighted by Gasteiger charge is -2.23. The predicted molar refractivity (Wildman–Crippen MR) is 86.1 cm³/mol. The number of hydrogen-bond acceptors (Lipinski definition) is 2. The summed E-state index contributed by atoms with van der Waals surface area (Å²) in [6, 6.07) is 0.495. The lowest BCUT2D eigenvalue weighted by molar-refractivity contribution is -0.127. The highest BCUT2D eigenvalue weighted by Crippen LogP contribution is 2.26. The van der Waals surface area contributed by atoms with Crippen molar-refractivity contribution in [2.45, 2.75) is 70.3 Å². The third kappa shape index (κ3) is 5.94. The van der Waals surface area contributed by atoms with Gasteiger partial charge in [0.05, 0.1) is 0 Å². The first-order chi connectivity index (χ1) is 10.3. The molecule has 120 valence electrons. The predicted octanol–water partition coefficient (Wildman–Crippen LogP) is 1.92. The molecule has 0 aromatic rings. The Morgan fingerprint density at radius 2 is 1.76 bits per heavy atom. The maximum Gasteiger partial charge on any atom is 0.223 e. The van der Waals surface area contributed by atoms with E-state index in [4.69, 9.17) is 5.73 Å². The molecule has 0 atom stereocenters. The maximum atomic E-state index is 11.6. The highest BCUT2D eigenvalue weighted by atomic mass is 16.1. The minimum Gasteiger partial charge on any atom is -0.370 e. The van der Waals surface area contributed by atoms with Gasteiger partial charge in [-0.15, -0.1) is 0 Å². The molecule has 0 bridgehead atoms. The Morgan fingerprint density at radius 1 is 1.05 bits per heavy atom. The average Bonchev–Trinajstić information content (AvgIpc) is 2.65. The van der Waals surface area contributed by atoms with E-state index < -0.39 is 0 Å². The molecule has 2 aliphatic carbocycles. The summed E-state index contributed by atoms with van der Waals surface area (Å²) in [4.78, 5) is 16.0. The van der Waals surface area contributed by atoms with Gasteiger partial charge in [0, 0.05) is 25.0 Å². The molecule has 2 rings (SSSR count). The van der Waals surface area contributed by atoms with Crippen LogP contribution in [0.2, 0.25) is 0 Å². The van der Waals surface area contributed by atoms with Gasteiger partial charge in [-0.25, -0.2) is 0 Å². The summed E-state index contributed by atoms with van der Waals surface area (Å²) < 4.78 is 0. The van der Waals surface area contributed by atoms with Crippen LogP contribution < -0.4 is 16.4 Å². The Hall–Kier alpha value is -1.26. The molecule has 5 nitrogen and oxygen atoms in total. The van der Waals surface area contributed by atoms with Gasteiger partial charge in [0.25, 0.3) is 0 Å². The molecule has 0 heterocycles. The number of aliphatic imine (C=N–C) groups is 1. The Labute approximate surface area is 128 Å². The number of amides is 1. The highest BCUT2D eigenvalue weighted by Gasteiger charge is 2.24. The van der Waals surface area contributed by atoms with Crippen molar-refractivity contribution < 1.29 is 4.79 Å². The van der Waals surface area contributed by atoms with E-state index in [9.17, 15) is 4.79 Å². The third-order valence-electron chi connectivity index (χ3n) is 4.60. The molecular formula is C16H30N4O. The summed E-state index contributed by atoms with van der Waals surface area (Å²) in [6.07, 6.45) is 11.8. The maximum absolute atomic E-state index is 11.6. The SMILES string of the molecule is NC(=NCCCNC(=O)C1CCC1)NC1CCCCCC1. The summed E-state index contributed by atoms with van der Waals surface area (Å²) in [5.74, 6) is 1.05. The molecule has 0 aliphatic heterocycles. The van der Waals surface area contributed by atoms with Crippen LogP contribution in [-0.2, 0) is 4.79 Å². The zero-order chi connectivity index (χ0) is 14.9. The van der Waals surface area contributed by atoms with Crippen molar-refractivity contribution in [3.63, 3.8) is 0 Å². The topological polar surface area (TPSA) is 79.5 Å². The molecule has 4 N–H and O–H groups in total. The van der Waals surface area contributed by atoms with Gasteiger partial charge in [-0.1, -0.05) is 32.1 Å². The monoisotopic (exact) mass is 294 g/mol. The summed E-state index contributed by atoms with van der Waals surface area (Å²) >= 11 is 0. The van der Waals surface area contributed by atoms with Crippen molar-refractivity contribution in [2.24, 2.45) is 16.6 Å². The van der Waals surface area contributed by atoms with E-state index in [2.05, 4.69) is 15.6 Å². The van der Waals surface area contributed by atoms with Gasteiger partial charge in [-0.2, -0.15) is 0 Å². The molecule has 2 saturated carbocycles. The quantitative estimate of drug-likeness (QED) is 0.303. The second-order valence-electron chi connectivity index (χ2n) is 6.37. The third-order valence-corrected chi connectivity index (χ3v) is 4.60. The number of guanidine groups is 1. The van der Waals surface area contributed by atoms with E-state index in [1.54, 1.807) is 0 Å². The molecule has 21 heavy (non-hydrogen) atoms. The molecule has 2 aliphatic rings. The highest BCUT2D eigenvalue weighted by molar-refractivity contribution is 5.79. The molecular weight excluding hydrogens is 264 g/mol. The first kappa shape index (κ1) is 16.1. The van der Waals surface area contributed by atoms with Crippen LogP contribution >= 0.6 is 0 Å². The van der Waals surface area contributed by atoms with Gasteiger partial charge in [0.15, 0.2) is 5.96 Å². The molecule has 0 unspecified atom stereocenters. The van der Waals surface area contributed by atoms with E-state index >= 15 is 0 Å². The van der Waals surface area contributed by atoms with E-state index in [1.165, 1.54) is 44.9 Å². The zero-order valence-corrected chi connectivity index (χ0v) is 13.1. The Balaban J connectivity index is 1.54. The molecule has 0 radical (unpaired) electrons. The second-order valence-corrected chi connectivity index (χ2v) is 6.37. The molecule has 0 aromatic carbocycles. The summed E-state index contributed by atoms with van der Waals surface area (Å²) in [5.41, 5.74) is 5.93. The van der Waals surface area contributed by atoms with E-state index in [-0.39, 0.29) is 11.8 Å². The standard InChI is InChI=1S/C16H30N4O/c17-16(20-14-9-3-1-2-4-10-14)19-12-6-11-18-15(21)13-7-5-8-13/h13-14H,1-12H2,(H,18,21)(H3,17,19,20). The Morgan fingerprint density at radius 3 is 2.38 bits per heavy atom. The smallest absolute Gasteiger partial charge is 0.223 e. The van der Waals surface area contributed by atoms with E-state index in [0.717, 1.165) is 19.3 Å². The second kappa shape index (κ2) is 8.90. The molecule has 0 saturated heterocycles. The summed E-state index contributed by atoms with van der Waals surface area (Å²) in [6.45, 7) is 1.38. The fourth-order valence-corrected chi connectivity index (χ4v) is 2.98. The first-order valence-corrected chi connectivity index (χ1v) is 8.60. The van der Waals surface area contributed by atoms with Crippen LogP contribution in [0.1, 0.15) is 64.2 Å². The lowest BCUT2D eigenvalue weighted by Crippen LogP contribution is -2.40. The lowest BCUT2D eigenvalue weighted by atomic mass is 9.85. The Kier molecular flexibility index (Phi) is 6.83. The fraction of sp³-hybridized carbons (Fsp3) is 0.875.